The van der Waals surface area contributed by atoms with E-state index in [1.165, 1.54) is 0 Å². The predicted molar refractivity (Wildman–Crippen MR) is 122 cm³/mol. The number of hydrogen-bond acceptors (Lipinski definition) is 3. The second kappa shape index (κ2) is 10.7. The molecule has 0 aliphatic heterocycles. The van der Waals surface area contributed by atoms with E-state index in [2.05, 4.69) is 16.0 Å². The lowest BCUT2D eigenvalue weighted by atomic mass is 10.1. The fraction of sp³-hybridized carbons (Fsp3) is 0.160. The third-order valence-corrected chi connectivity index (χ3v) is 4.59. The van der Waals surface area contributed by atoms with Crippen LogP contribution in [0.1, 0.15) is 39.6 Å². The lowest BCUT2D eigenvalue weighted by Gasteiger charge is -2.11. The van der Waals surface area contributed by atoms with Crippen molar-refractivity contribution in [2.24, 2.45) is 0 Å². The average Bonchev–Trinajstić information content (AvgIpc) is 2.79. The molecule has 0 atom stereocenters. The number of amides is 3. The first-order valence-corrected chi connectivity index (χ1v) is 10.2. The van der Waals surface area contributed by atoms with Gasteiger partial charge in [0.15, 0.2) is 0 Å². The summed E-state index contributed by atoms with van der Waals surface area (Å²) in [5.74, 6) is -0.692. The zero-order valence-corrected chi connectivity index (χ0v) is 17.4. The van der Waals surface area contributed by atoms with Gasteiger partial charge in [-0.3, -0.25) is 14.4 Å². The molecular weight excluding hydrogens is 390 g/mol. The number of rotatable bonds is 8. The molecule has 3 aromatic rings. The molecule has 158 valence electrons. The van der Waals surface area contributed by atoms with E-state index in [1.54, 1.807) is 48.5 Å². The van der Waals surface area contributed by atoms with Gasteiger partial charge in [0.05, 0.1) is 17.7 Å². The van der Waals surface area contributed by atoms with Crippen molar-refractivity contribution in [1.29, 1.82) is 0 Å². The molecule has 0 saturated heterocycles. The third kappa shape index (κ3) is 6.27. The molecular formula is C25H25N3O3. The Morgan fingerprint density at radius 2 is 1.42 bits per heavy atom. The van der Waals surface area contributed by atoms with E-state index in [0.717, 1.165) is 12.0 Å². The van der Waals surface area contributed by atoms with Crippen LogP contribution in [0.15, 0.2) is 78.9 Å². The number of carbonyl (C=O) groups excluding carboxylic acids is 3. The van der Waals surface area contributed by atoms with Crippen LogP contribution < -0.4 is 16.0 Å². The van der Waals surface area contributed by atoms with Crippen molar-refractivity contribution in [3.63, 3.8) is 0 Å². The van der Waals surface area contributed by atoms with Crippen molar-refractivity contribution in [1.82, 2.24) is 5.32 Å². The topological polar surface area (TPSA) is 87.3 Å². The van der Waals surface area contributed by atoms with Gasteiger partial charge in [-0.15, -0.1) is 0 Å². The quantitative estimate of drug-likeness (QED) is 0.514. The van der Waals surface area contributed by atoms with Gasteiger partial charge >= 0.3 is 0 Å². The first-order chi connectivity index (χ1) is 15.1. The number of benzene rings is 3. The van der Waals surface area contributed by atoms with Gasteiger partial charge in [-0.2, -0.15) is 0 Å². The molecule has 0 heterocycles. The standard InChI is InChI=1S/C25H25N3O3/c1-2-16-26-25(31)21-10-6-7-11-22(21)28-24(30)19-12-14-20(15-13-19)27-23(29)17-18-8-4-3-5-9-18/h3-15H,2,16-17H2,1H3,(H,26,31)(H,27,29)(H,28,30). The summed E-state index contributed by atoms with van der Waals surface area (Å²) in [5.41, 5.74) is 2.81. The highest BCUT2D eigenvalue weighted by Crippen LogP contribution is 2.17. The van der Waals surface area contributed by atoms with Crippen LogP contribution in [0.5, 0.6) is 0 Å². The molecule has 0 radical (unpaired) electrons. The highest BCUT2D eigenvalue weighted by molar-refractivity contribution is 6.09. The van der Waals surface area contributed by atoms with Crippen LogP contribution in [-0.4, -0.2) is 24.3 Å². The lowest BCUT2D eigenvalue weighted by Crippen LogP contribution is -2.25. The summed E-state index contributed by atoms with van der Waals surface area (Å²) in [6.07, 6.45) is 1.11. The van der Waals surface area contributed by atoms with Crippen molar-refractivity contribution >= 4 is 29.1 Å². The van der Waals surface area contributed by atoms with Crippen LogP contribution in [0, 0.1) is 0 Å². The SMILES string of the molecule is CCCNC(=O)c1ccccc1NC(=O)c1ccc(NC(=O)Cc2ccccc2)cc1. The van der Waals surface area contributed by atoms with Gasteiger partial charge < -0.3 is 16.0 Å². The van der Waals surface area contributed by atoms with Gasteiger partial charge in [-0.1, -0.05) is 49.4 Å². The van der Waals surface area contributed by atoms with E-state index in [1.807, 2.05) is 37.3 Å². The molecule has 0 saturated carbocycles. The van der Waals surface area contributed by atoms with Gasteiger partial charge in [-0.05, 0) is 48.4 Å². The summed E-state index contributed by atoms with van der Waals surface area (Å²) in [6, 6.07) is 23.0. The number of hydrogen-bond donors (Lipinski definition) is 3. The molecule has 3 rings (SSSR count). The first-order valence-electron chi connectivity index (χ1n) is 10.2. The van der Waals surface area contributed by atoms with Crippen molar-refractivity contribution < 1.29 is 14.4 Å². The van der Waals surface area contributed by atoms with Gasteiger partial charge in [0, 0.05) is 17.8 Å². The van der Waals surface area contributed by atoms with Crippen molar-refractivity contribution in [2.45, 2.75) is 19.8 Å². The first kappa shape index (κ1) is 21.8. The molecule has 6 nitrogen and oxygen atoms in total. The largest absolute Gasteiger partial charge is 0.352 e. The van der Waals surface area contributed by atoms with Crippen molar-refractivity contribution in [3.05, 3.63) is 95.6 Å². The highest BCUT2D eigenvalue weighted by Gasteiger charge is 2.14. The van der Waals surface area contributed by atoms with Gasteiger partial charge in [0.2, 0.25) is 5.91 Å². The number of anilines is 2. The van der Waals surface area contributed by atoms with E-state index in [4.69, 9.17) is 0 Å². The van der Waals surface area contributed by atoms with Crippen LogP contribution in [0.25, 0.3) is 0 Å². The van der Waals surface area contributed by atoms with Gasteiger partial charge in [0.25, 0.3) is 11.8 Å². The second-order valence-electron chi connectivity index (χ2n) is 7.04. The summed E-state index contributed by atoms with van der Waals surface area (Å²) in [5, 5.41) is 8.43. The fourth-order valence-electron chi connectivity index (χ4n) is 3.01. The van der Waals surface area contributed by atoms with E-state index in [0.29, 0.717) is 29.0 Å². The Kier molecular flexibility index (Phi) is 7.54. The smallest absolute Gasteiger partial charge is 0.255 e. The average molecular weight is 415 g/mol. The van der Waals surface area contributed by atoms with Crippen LogP contribution in [-0.2, 0) is 11.2 Å². The third-order valence-electron chi connectivity index (χ3n) is 4.59. The molecule has 0 unspecified atom stereocenters. The zero-order valence-electron chi connectivity index (χ0n) is 17.4. The number of carbonyl (C=O) groups is 3. The summed E-state index contributed by atoms with van der Waals surface area (Å²) >= 11 is 0. The maximum Gasteiger partial charge on any atom is 0.255 e. The van der Waals surface area contributed by atoms with E-state index < -0.39 is 0 Å². The Labute approximate surface area is 181 Å². The molecule has 0 fully saturated rings. The molecule has 3 amide bonds. The molecule has 6 heteroatoms. The van der Waals surface area contributed by atoms with Gasteiger partial charge in [0.1, 0.15) is 0 Å². The monoisotopic (exact) mass is 415 g/mol. The Balaban J connectivity index is 1.62. The van der Waals surface area contributed by atoms with E-state index in [-0.39, 0.29) is 24.1 Å². The van der Waals surface area contributed by atoms with Crippen molar-refractivity contribution in [3.8, 4) is 0 Å². The summed E-state index contributed by atoms with van der Waals surface area (Å²) in [7, 11) is 0. The summed E-state index contributed by atoms with van der Waals surface area (Å²) in [4.78, 5) is 37.2. The molecule has 0 aromatic heterocycles. The van der Waals surface area contributed by atoms with E-state index >= 15 is 0 Å². The van der Waals surface area contributed by atoms with Gasteiger partial charge in [-0.25, -0.2) is 0 Å². The van der Waals surface area contributed by atoms with Crippen LogP contribution in [0.2, 0.25) is 0 Å². The lowest BCUT2D eigenvalue weighted by molar-refractivity contribution is -0.115. The second-order valence-corrected chi connectivity index (χ2v) is 7.04. The van der Waals surface area contributed by atoms with Crippen molar-refractivity contribution in [2.75, 3.05) is 17.2 Å². The molecule has 0 bridgehead atoms. The Bertz CT molecular complexity index is 1050. The maximum atomic E-state index is 12.6. The zero-order chi connectivity index (χ0) is 22.1. The minimum atomic E-state index is -0.335. The van der Waals surface area contributed by atoms with Crippen LogP contribution in [0.3, 0.4) is 0 Å². The normalized spacial score (nSPS) is 10.2. The molecule has 0 aliphatic carbocycles. The number of para-hydroxylation sites is 1. The van der Waals surface area contributed by atoms with Crippen LogP contribution >= 0.6 is 0 Å². The van der Waals surface area contributed by atoms with E-state index in [9.17, 15) is 14.4 Å². The predicted octanol–water partition coefficient (Wildman–Crippen LogP) is 4.26. The Morgan fingerprint density at radius 3 is 2.13 bits per heavy atom. The molecule has 0 spiro atoms. The van der Waals surface area contributed by atoms with Crippen LogP contribution in [0.4, 0.5) is 11.4 Å². The minimum Gasteiger partial charge on any atom is -0.352 e. The number of nitrogens with one attached hydrogen (secondary N) is 3. The molecule has 3 aromatic carbocycles. The molecule has 0 aliphatic rings. The summed E-state index contributed by atoms with van der Waals surface area (Å²) < 4.78 is 0. The minimum absolute atomic E-state index is 0.129. The Hall–Kier alpha value is -3.93. The summed E-state index contributed by atoms with van der Waals surface area (Å²) in [6.45, 7) is 2.54. The maximum absolute atomic E-state index is 12.6. The molecule has 3 N–H and O–H groups in total. The Morgan fingerprint density at radius 1 is 0.742 bits per heavy atom. The molecule has 31 heavy (non-hydrogen) atoms. The fourth-order valence-corrected chi connectivity index (χ4v) is 3.01. The highest BCUT2D eigenvalue weighted by atomic mass is 16.2.